The summed E-state index contributed by atoms with van der Waals surface area (Å²) in [7, 11) is 1.92. The highest BCUT2D eigenvalue weighted by molar-refractivity contribution is 5.21. The predicted octanol–water partition coefficient (Wildman–Crippen LogP) is 1.97. The van der Waals surface area contributed by atoms with Gasteiger partial charge >= 0.3 is 0 Å². The van der Waals surface area contributed by atoms with E-state index in [0.29, 0.717) is 0 Å². The topological polar surface area (TPSA) is 51.6 Å². The molecule has 0 bridgehead atoms. The lowest BCUT2D eigenvalue weighted by Gasteiger charge is -2.41. The van der Waals surface area contributed by atoms with Gasteiger partial charge in [0.2, 0.25) is 0 Å². The average molecular weight is 189 g/mol. The van der Waals surface area contributed by atoms with Gasteiger partial charge < -0.3 is 10.3 Å². The van der Waals surface area contributed by atoms with Crippen LogP contribution in [0.2, 0.25) is 0 Å². The van der Waals surface area contributed by atoms with Crippen LogP contribution in [0.5, 0.6) is 0 Å². The molecular formula is C11H15N3. The van der Waals surface area contributed by atoms with Crippen molar-refractivity contribution in [2.24, 2.45) is 5.41 Å². The highest BCUT2D eigenvalue weighted by Gasteiger charge is 2.45. The van der Waals surface area contributed by atoms with Gasteiger partial charge in [-0.05, 0) is 32.0 Å². The van der Waals surface area contributed by atoms with Crippen LogP contribution < -0.4 is 5.32 Å². The number of H-pyrrole nitrogens is 1. The zero-order valence-corrected chi connectivity index (χ0v) is 8.38. The fourth-order valence-electron chi connectivity index (χ4n) is 2.28. The Morgan fingerprint density at radius 1 is 1.64 bits per heavy atom. The molecule has 1 unspecified atom stereocenters. The Hall–Kier alpha value is -1.27. The first-order valence-electron chi connectivity index (χ1n) is 5.04. The maximum atomic E-state index is 9.23. The minimum absolute atomic E-state index is 0.149. The Morgan fingerprint density at radius 3 is 2.79 bits per heavy atom. The monoisotopic (exact) mass is 189 g/mol. The summed E-state index contributed by atoms with van der Waals surface area (Å²) in [6, 6.07) is 6.64. The van der Waals surface area contributed by atoms with Crippen LogP contribution in [0, 0.1) is 16.7 Å². The minimum Gasteiger partial charge on any atom is -0.364 e. The van der Waals surface area contributed by atoms with Gasteiger partial charge in [-0.3, -0.25) is 0 Å². The maximum absolute atomic E-state index is 9.23. The van der Waals surface area contributed by atoms with Gasteiger partial charge in [0.15, 0.2) is 0 Å². The third kappa shape index (κ3) is 1.23. The summed E-state index contributed by atoms with van der Waals surface area (Å²) < 4.78 is 0. The molecule has 1 aliphatic rings. The Balaban J connectivity index is 2.26. The first-order valence-corrected chi connectivity index (χ1v) is 5.04. The van der Waals surface area contributed by atoms with E-state index in [2.05, 4.69) is 16.4 Å². The van der Waals surface area contributed by atoms with Crippen molar-refractivity contribution in [3.63, 3.8) is 0 Å². The normalized spacial score (nSPS) is 20.9. The molecule has 0 aromatic carbocycles. The summed E-state index contributed by atoms with van der Waals surface area (Å²) in [6.07, 6.45) is 5.10. The highest BCUT2D eigenvalue weighted by Crippen LogP contribution is 2.49. The molecule has 0 saturated heterocycles. The van der Waals surface area contributed by atoms with Gasteiger partial charge in [0, 0.05) is 11.9 Å². The van der Waals surface area contributed by atoms with E-state index < -0.39 is 0 Å². The third-order valence-corrected chi connectivity index (χ3v) is 3.24. The molecule has 1 fully saturated rings. The summed E-state index contributed by atoms with van der Waals surface area (Å²) >= 11 is 0. The summed E-state index contributed by atoms with van der Waals surface area (Å²) in [5, 5.41) is 12.5. The third-order valence-electron chi connectivity index (χ3n) is 3.24. The van der Waals surface area contributed by atoms with Crippen molar-refractivity contribution in [2.45, 2.75) is 25.3 Å². The van der Waals surface area contributed by atoms with Crippen LogP contribution in [-0.4, -0.2) is 12.0 Å². The fourth-order valence-corrected chi connectivity index (χ4v) is 2.28. The zero-order chi connectivity index (χ0) is 10.0. The van der Waals surface area contributed by atoms with E-state index in [4.69, 9.17) is 0 Å². The molecule has 74 valence electrons. The largest absolute Gasteiger partial charge is 0.364 e. The second-order valence-electron chi connectivity index (χ2n) is 3.97. The van der Waals surface area contributed by atoms with Crippen LogP contribution in [0.15, 0.2) is 18.3 Å². The van der Waals surface area contributed by atoms with Crippen molar-refractivity contribution >= 4 is 0 Å². The van der Waals surface area contributed by atoms with Crippen LogP contribution in [0.25, 0.3) is 0 Å². The first-order chi connectivity index (χ1) is 6.82. The van der Waals surface area contributed by atoms with Gasteiger partial charge in [-0.15, -0.1) is 0 Å². The molecule has 1 aromatic rings. The van der Waals surface area contributed by atoms with Crippen molar-refractivity contribution < 1.29 is 0 Å². The number of aromatic nitrogens is 1. The highest BCUT2D eigenvalue weighted by atomic mass is 14.9. The number of rotatable bonds is 3. The Kier molecular flexibility index (Phi) is 2.30. The lowest BCUT2D eigenvalue weighted by molar-refractivity contribution is 0.146. The summed E-state index contributed by atoms with van der Waals surface area (Å²) in [5.41, 5.74) is 0.938. The Bertz CT molecular complexity index is 330. The second-order valence-corrected chi connectivity index (χ2v) is 3.97. The van der Waals surface area contributed by atoms with Crippen LogP contribution in [0.1, 0.15) is 31.0 Å². The van der Waals surface area contributed by atoms with Crippen LogP contribution in [0.4, 0.5) is 0 Å². The number of nitriles is 1. The predicted molar refractivity (Wildman–Crippen MR) is 54.5 cm³/mol. The molecule has 2 rings (SSSR count). The number of aromatic amines is 1. The molecule has 0 amide bonds. The lowest BCUT2D eigenvalue weighted by atomic mass is 9.64. The molecular weight excluding hydrogens is 174 g/mol. The van der Waals surface area contributed by atoms with Gasteiger partial charge in [-0.25, -0.2) is 0 Å². The molecule has 2 N–H and O–H groups in total. The molecule has 0 radical (unpaired) electrons. The van der Waals surface area contributed by atoms with Crippen molar-refractivity contribution in [1.82, 2.24) is 10.3 Å². The maximum Gasteiger partial charge on any atom is 0.0782 e. The van der Waals surface area contributed by atoms with Gasteiger partial charge in [-0.1, -0.05) is 6.42 Å². The smallest absolute Gasteiger partial charge is 0.0782 e. The van der Waals surface area contributed by atoms with Gasteiger partial charge in [-0.2, -0.15) is 5.26 Å². The van der Waals surface area contributed by atoms with Crippen LogP contribution >= 0.6 is 0 Å². The summed E-state index contributed by atoms with van der Waals surface area (Å²) in [5.74, 6) is 0. The van der Waals surface area contributed by atoms with Crippen molar-refractivity contribution in [3.8, 4) is 6.07 Å². The minimum atomic E-state index is -0.181. The summed E-state index contributed by atoms with van der Waals surface area (Å²) in [4.78, 5) is 3.18. The number of nitrogens with one attached hydrogen (secondary N) is 2. The number of hydrogen-bond donors (Lipinski definition) is 2. The van der Waals surface area contributed by atoms with E-state index in [1.54, 1.807) is 0 Å². The average Bonchev–Trinajstić information content (AvgIpc) is 2.63. The quantitative estimate of drug-likeness (QED) is 0.763. The standard InChI is InChI=1S/C11H15N3/c1-13-10(9-4-2-7-14-9)11(8-12)5-3-6-11/h2,4,7,10,13-14H,3,5-6H2,1H3. The SMILES string of the molecule is CNC(c1ccc[nH]1)C1(C#N)CCC1. The molecule has 1 atom stereocenters. The van der Waals surface area contributed by atoms with Crippen LogP contribution in [0.3, 0.4) is 0 Å². The molecule has 1 aromatic heterocycles. The Morgan fingerprint density at radius 2 is 2.43 bits per heavy atom. The fraction of sp³-hybridized carbons (Fsp3) is 0.545. The number of nitrogens with zero attached hydrogens (tertiary/aromatic N) is 1. The molecule has 0 spiro atoms. The molecule has 0 aliphatic heterocycles. The van der Waals surface area contributed by atoms with Crippen molar-refractivity contribution in [1.29, 1.82) is 5.26 Å². The van der Waals surface area contributed by atoms with E-state index in [-0.39, 0.29) is 11.5 Å². The molecule has 3 nitrogen and oxygen atoms in total. The molecule has 1 heterocycles. The van der Waals surface area contributed by atoms with Gasteiger partial charge in [0.05, 0.1) is 17.5 Å². The first kappa shape index (κ1) is 9.29. The van der Waals surface area contributed by atoms with E-state index in [0.717, 1.165) is 18.5 Å². The zero-order valence-electron chi connectivity index (χ0n) is 8.38. The number of hydrogen-bond acceptors (Lipinski definition) is 2. The van der Waals surface area contributed by atoms with Gasteiger partial charge in [0.1, 0.15) is 0 Å². The lowest BCUT2D eigenvalue weighted by Crippen LogP contribution is -2.41. The van der Waals surface area contributed by atoms with Gasteiger partial charge in [0.25, 0.3) is 0 Å². The van der Waals surface area contributed by atoms with E-state index in [1.807, 2.05) is 25.4 Å². The second kappa shape index (κ2) is 3.47. The van der Waals surface area contributed by atoms with E-state index in [1.165, 1.54) is 6.42 Å². The molecule has 1 aliphatic carbocycles. The van der Waals surface area contributed by atoms with Crippen molar-refractivity contribution in [2.75, 3.05) is 7.05 Å². The van der Waals surface area contributed by atoms with Crippen LogP contribution in [-0.2, 0) is 0 Å². The van der Waals surface area contributed by atoms with Crippen molar-refractivity contribution in [3.05, 3.63) is 24.0 Å². The molecule has 1 saturated carbocycles. The van der Waals surface area contributed by atoms with E-state index >= 15 is 0 Å². The Labute approximate surface area is 84.1 Å². The van der Waals surface area contributed by atoms with E-state index in [9.17, 15) is 5.26 Å². The molecule has 3 heteroatoms. The molecule has 14 heavy (non-hydrogen) atoms. The summed E-state index contributed by atoms with van der Waals surface area (Å²) in [6.45, 7) is 0.